The van der Waals surface area contributed by atoms with E-state index >= 15 is 0 Å². The Morgan fingerprint density at radius 2 is 1.89 bits per heavy atom. The minimum absolute atomic E-state index is 0.255. The minimum Gasteiger partial charge on any atom is -0.494 e. The van der Waals surface area contributed by atoms with Gasteiger partial charge in [-0.25, -0.2) is 0 Å². The predicted molar refractivity (Wildman–Crippen MR) is 139 cm³/mol. The molecule has 2 heterocycles. The molecule has 38 heavy (non-hydrogen) atoms. The van der Waals surface area contributed by atoms with Crippen LogP contribution in [0.25, 0.3) is 10.9 Å². The topological polar surface area (TPSA) is 120 Å². The van der Waals surface area contributed by atoms with Gasteiger partial charge in [0.05, 0.1) is 44.2 Å². The minimum atomic E-state index is -0.498. The van der Waals surface area contributed by atoms with Gasteiger partial charge in [0.2, 0.25) is 0 Å². The molecule has 9 heteroatoms. The number of anilines is 1. The number of esters is 1. The standard InChI is InChI=1S/C29H23N3O6/c1-35-24-5-3-4-18-12-20(16-31-27(18)24)32-28(33)17-6-8-21(9-7-17)38-25-14-26-23(13-19(25)15-30)22(10-11-37-26)29(34)36-2/h3-9,12-14,16,22H,10-11H2,1-2H3,(H,32,33). The number of pyridine rings is 1. The smallest absolute Gasteiger partial charge is 0.313 e. The van der Waals surface area contributed by atoms with Crippen molar-refractivity contribution in [2.75, 3.05) is 26.1 Å². The maximum atomic E-state index is 12.8. The summed E-state index contributed by atoms with van der Waals surface area (Å²) in [6.07, 6.45) is 2.05. The number of nitrogens with one attached hydrogen (secondary N) is 1. The third-order valence-electron chi connectivity index (χ3n) is 6.25. The Labute approximate surface area is 218 Å². The molecule has 1 unspecified atom stereocenters. The lowest BCUT2D eigenvalue weighted by molar-refractivity contribution is -0.143. The van der Waals surface area contributed by atoms with Crippen LogP contribution in [0.2, 0.25) is 0 Å². The number of ether oxygens (including phenoxy) is 4. The highest BCUT2D eigenvalue weighted by atomic mass is 16.5. The molecule has 0 saturated carbocycles. The van der Waals surface area contributed by atoms with Gasteiger partial charge in [-0.05, 0) is 48.9 Å². The molecule has 0 bridgehead atoms. The van der Waals surface area contributed by atoms with E-state index in [0.29, 0.717) is 52.6 Å². The van der Waals surface area contributed by atoms with Crippen molar-refractivity contribution < 1.29 is 28.5 Å². The molecular weight excluding hydrogens is 486 g/mol. The number of aromatic nitrogens is 1. The highest BCUT2D eigenvalue weighted by molar-refractivity contribution is 6.05. The van der Waals surface area contributed by atoms with Crippen molar-refractivity contribution in [2.45, 2.75) is 12.3 Å². The fraction of sp³-hybridized carbons (Fsp3) is 0.172. The van der Waals surface area contributed by atoms with Crippen molar-refractivity contribution in [3.05, 3.63) is 83.6 Å². The molecule has 190 valence electrons. The Morgan fingerprint density at radius 3 is 2.63 bits per heavy atom. The first-order valence-electron chi connectivity index (χ1n) is 11.8. The van der Waals surface area contributed by atoms with Crippen LogP contribution in [-0.4, -0.2) is 37.7 Å². The first kappa shape index (κ1) is 24.6. The summed E-state index contributed by atoms with van der Waals surface area (Å²) in [4.78, 5) is 29.4. The number of carbonyl (C=O) groups is 2. The molecule has 9 nitrogen and oxygen atoms in total. The van der Waals surface area contributed by atoms with Gasteiger partial charge in [0.1, 0.15) is 34.6 Å². The zero-order valence-electron chi connectivity index (χ0n) is 20.7. The summed E-state index contributed by atoms with van der Waals surface area (Å²) in [5.41, 5.74) is 2.53. The lowest BCUT2D eigenvalue weighted by Gasteiger charge is -2.25. The van der Waals surface area contributed by atoms with Gasteiger partial charge < -0.3 is 24.3 Å². The number of para-hydroxylation sites is 1. The third-order valence-corrected chi connectivity index (χ3v) is 6.25. The molecule has 1 aromatic heterocycles. The van der Waals surface area contributed by atoms with Crippen LogP contribution in [0.3, 0.4) is 0 Å². The summed E-state index contributed by atoms with van der Waals surface area (Å²) < 4.78 is 21.9. The van der Waals surface area contributed by atoms with Crippen LogP contribution >= 0.6 is 0 Å². The molecule has 3 aromatic carbocycles. The summed E-state index contributed by atoms with van der Waals surface area (Å²) >= 11 is 0. The van der Waals surface area contributed by atoms with Gasteiger partial charge in [0.25, 0.3) is 5.91 Å². The fourth-order valence-electron chi connectivity index (χ4n) is 4.35. The second-order valence-electron chi connectivity index (χ2n) is 8.55. The van der Waals surface area contributed by atoms with E-state index in [1.165, 1.54) is 7.11 Å². The van der Waals surface area contributed by atoms with Crippen molar-refractivity contribution >= 4 is 28.5 Å². The van der Waals surface area contributed by atoms with Crippen LogP contribution in [0, 0.1) is 11.3 Å². The molecule has 0 spiro atoms. The fourth-order valence-corrected chi connectivity index (χ4v) is 4.35. The summed E-state index contributed by atoms with van der Waals surface area (Å²) in [5.74, 6) is 0.657. The number of hydrogen-bond acceptors (Lipinski definition) is 8. The lowest BCUT2D eigenvalue weighted by Crippen LogP contribution is -2.22. The zero-order valence-corrected chi connectivity index (χ0v) is 20.7. The second kappa shape index (κ2) is 10.5. The van der Waals surface area contributed by atoms with Crippen LogP contribution in [0.4, 0.5) is 5.69 Å². The van der Waals surface area contributed by atoms with E-state index in [1.807, 2.05) is 24.3 Å². The Hall–Kier alpha value is -5.10. The number of hydrogen-bond donors (Lipinski definition) is 1. The monoisotopic (exact) mass is 509 g/mol. The Morgan fingerprint density at radius 1 is 1.08 bits per heavy atom. The maximum absolute atomic E-state index is 12.8. The summed E-state index contributed by atoms with van der Waals surface area (Å²) in [6, 6.07) is 19.2. The van der Waals surface area contributed by atoms with Gasteiger partial charge in [-0.3, -0.25) is 14.6 Å². The van der Waals surface area contributed by atoms with Crippen molar-refractivity contribution in [3.8, 4) is 29.1 Å². The normalized spacial score (nSPS) is 14.0. The van der Waals surface area contributed by atoms with E-state index < -0.39 is 5.92 Å². The van der Waals surface area contributed by atoms with E-state index in [4.69, 9.17) is 18.9 Å². The lowest BCUT2D eigenvalue weighted by atomic mass is 9.91. The predicted octanol–water partition coefficient (Wildman–Crippen LogP) is 5.20. The average molecular weight is 510 g/mol. The summed E-state index contributed by atoms with van der Waals surface area (Å²) in [7, 11) is 2.92. The van der Waals surface area contributed by atoms with Crippen LogP contribution in [0.5, 0.6) is 23.0 Å². The molecule has 4 aromatic rings. The SMILES string of the molecule is COC(=O)C1CCOc2cc(Oc3ccc(C(=O)Nc4cnc5c(OC)cccc5c4)cc3)c(C#N)cc21. The van der Waals surface area contributed by atoms with Gasteiger partial charge in [0.15, 0.2) is 0 Å². The van der Waals surface area contributed by atoms with E-state index in [0.717, 1.165) is 5.39 Å². The molecule has 0 aliphatic carbocycles. The number of carbonyl (C=O) groups excluding carboxylic acids is 2. The molecule has 0 fully saturated rings. The highest BCUT2D eigenvalue weighted by Gasteiger charge is 2.30. The maximum Gasteiger partial charge on any atom is 0.313 e. The highest BCUT2D eigenvalue weighted by Crippen LogP contribution is 2.40. The molecule has 1 atom stereocenters. The van der Waals surface area contributed by atoms with Gasteiger partial charge in [-0.2, -0.15) is 5.26 Å². The number of methoxy groups -OCH3 is 2. The Bertz CT molecular complexity index is 1580. The Balaban J connectivity index is 1.32. The zero-order chi connectivity index (χ0) is 26.6. The van der Waals surface area contributed by atoms with E-state index in [-0.39, 0.29) is 23.2 Å². The molecular formula is C29H23N3O6. The molecule has 1 amide bonds. The summed E-state index contributed by atoms with van der Waals surface area (Å²) in [5, 5.41) is 13.4. The largest absolute Gasteiger partial charge is 0.494 e. The van der Waals surface area contributed by atoms with Gasteiger partial charge in [-0.1, -0.05) is 12.1 Å². The Kier molecular flexibility index (Phi) is 6.78. The van der Waals surface area contributed by atoms with Crippen LogP contribution in [0.1, 0.15) is 33.8 Å². The number of amides is 1. The van der Waals surface area contributed by atoms with E-state index in [2.05, 4.69) is 16.4 Å². The van der Waals surface area contributed by atoms with E-state index in [1.54, 1.807) is 49.7 Å². The number of rotatable bonds is 6. The molecule has 1 aliphatic heterocycles. The second-order valence-corrected chi connectivity index (χ2v) is 8.55. The number of fused-ring (bicyclic) bond motifs is 2. The van der Waals surface area contributed by atoms with Crippen molar-refractivity contribution in [1.29, 1.82) is 5.26 Å². The molecule has 0 saturated heterocycles. The van der Waals surface area contributed by atoms with Crippen molar-refractivity contribution in [3.63, 3.8) is 0 Å². The third kappa shape index (κ3) is 4.80. The molecule has 1 N–H and O–H groups in total. The number of benzene rings is 3. The van der Waals surface area contributed by atoms with Gasteiger partial charge in [0, 0.05) is 22.6 Å². The first-order valence-corrected chi connectivity index (χ1v) is 11.8. The first-order chi connectivity index (χ1) is 18.5. The average Bonchev–Trinajstić information content (AvgIpc) is 2.95. The van der Waals surface area contributed by atoms with Gasteiger partial charge in [-0.15, -0.1) is 0 Å². The molecule has 5 rings (SSSR count). The van der Waals surface area contributed by atoms with Crippen LogP contribution in [-0.2, 0) is 9.53 Å². The quantitative estimate of drug-likeness (QED) is 0.352. The molecule has 1 aliphatic rings. The number of nitriles is 1. The van der Waals surface area contributed by atoms with Crippen LogP contribution < -0.4 is 19.5 Å². The summed E-state index contributed by atoms with van der Waals surface area (Å²) in [6.45, 7) is 0.349. The van der Waals surface area contributed by atoms with Crippen molar-refractivity contribution in [2.24, 2.45) is 0 Å². The van der Waals surface area contributed by atoms with E-state index in [9.17, 15) is 14.9 Å². The van der Waals surface area contributed by atoms with Crippen molar-refractivity contribution in [1.82, 2.24) is 4.98 Å². The molecule has 0 radical (unpaired) electrons. The number of nitrogens with zero attached hydrogens (tertiary/aromatic N) is 2. The van der Waals surface area contributed by atoms with Gasteiger partial charge >= 0.3 is 5.97 Å². The van der Waals surface area contributed by atoms with Crippen LogP contribution in [0.15, 0.2) is 66.9 Å².